The molecule has 0 saturated heterocycles. The summed E-state index contributed by atoms with van der Waals surface area (Å²) < 4.78 is 28.7. The highest BCUT2D eigenvalue weighted by Gasteiger charge is 2.25. The van der Waals surface area contributed by atoms with Crippen molar-refractivity contribution in [1.29, 1.82) is 5.26 Å². The highest BCUT2D eigenvalue weighted by Crippen LogP contribution is 2.28. The molecule has 3 rings (SSSR count). The predicted molar refractivity (Wildman–Crippen MR) is 104 cm³/mol. The minimum Gasteiger partial charge on any atom is -0.404 e. The van der Waals surface area contributed by atoms with Crippen LogP contribution in [0, 0.1) is 11.3 Å². The molecule has 28 heavy (non-hydrogen) atoms. The fraction of sp³-hybridized carbons (Fsp3) is 0.200. The number of aliphatic imine (C=N–C) groups is 1. The van der Waals surface area contributed by atoms with Gasteiger partial charge in [0.2, 0.25) is 0 Å². The lowest BCUT2D eigenvalue weighted by molar-refractivity contribution is 0.00784. The molecule has 0 spiro atoms. The number of alkyl halides is 2. The Bertz CT molecular complexity index is 1090. The first kappa shape index (κ1) is 19.2. The Hall–Kier alpha value is -3.60. The number of pyridine rings is 2. The van der Waals surface area contributed by atoms with Crippen LogP contribution in [0.25, 0.3) is 22.5 Å². The van der Waals surface area contributed by atoms with Crippen LogP contribution in [0.3, 0.4) is 0 Å². The van der Waals surface area contributed by atoms with Crippen molar-refractivity contribution in [2.75, 3.05) is 6.54 Å². The van der Waals surface area contributed by atoms with Gasteiger partial charge in [0.05, 0.1) is 5.69 Å². The maximum atomic E-state index is 13.4. The maximum absolute atomic E-state index is 13.4. The van der Waals surface area contributed by atoms with E-state index in [0.717, 1.165) is 5.56 Å². The third-order valence-electron chi connectivity index (χ3n) is 4.24. The van der Waals surface area contributed by atoms with E-state index in [1.54, 1.807) is 18.3 Å². The lowest BCUT2D eigenvalue weighted by Gasteiger charge is -2.12. The average molecular weight is 380 g/mol. The van der Waals surface area contributed by atoms with Crippen LogP contribution >= 0.6 is 0 Å². The third kappa shape index (κ3) is 4.04. The topological polar surface area (TPSA) is 92.4 Å². The molecule has 142 valence electrons. The second-order valence-corrected chi connectivity index (χ2v) is 6.11. The van der Waals surface area contributed by atoms with Crippen molar-refractivity contribution >= 4 is 17.4 Å². The van der Waals surface area contributed by atoms with Gasteiger partial charge in [-0.15, -0.1) is 0 Å². The average Bonchev–Trinajstić information content (AvgIpc) is 3.18. The summed E-state index contributed by atoms with van der Waals surface area (Å²) in [5.74, 6) is -2.87. The van der Waals surface area contributed by atoms with Crippen LogP contribution in [0.1, 0.15) is 24.6 Å². The van der Waals surface area contributed by atoms with E-state index in [1.165, 1.54) is 19.3 Å². The molecule has 3 aromatic rings. The van der Waals surface area contributed by atoms with Crippen molar-refractivity contribution in [2.24, 2.45) is 10.7 Å². The summed E-state index contributed by atoms with van der Waals surface area (Å²) in [6.45, 7) is 0.781. The molecule has 3 heterocycles. The van der Waals surface area contributed by atoms with Gasteiger partial charge in [-0.05, 0) is 24.3 Å². The summed E-state index contributed by atoms with van der Waals surface area (Å²) in [5.41, 5.74) is 8.90. The molecule has 0 bridgehead atoms. The van der Waals surface area contributed by atoms with Crippen molar-refractivity contribution in [2.45, 2.75) is 19.3 Å². The van der Waals surface area contributed by atoms with Gasteiger partial charge >= 0.3 is 0 Å². The van der Waals surface area contributed by atoms with Gasteiger partial charge in [-0.3, -0.25) is 4.99 Å². The van der Waals surface area contributed by atoms with Crippen LogP contribution in [-0.2, 0) is 0 Å². The van der Waals surface area contributed by atoms with Gasteiger partial charge in [0.25, 0.3) is 5.92 Å². The van der Waals surface area contributed by atoms with Gasteiger partial charge in [-0.2, -0.15) is 5.26 Å². The normalized spacial score (nSPS) is 12.6. The first-order valence-corrected chi connectivity index (χ1v) is 8.61. The fourth-order valence-electron chi connectivity index (χ4n) is 2.62. The number of fused-ring (bicyclic) bond motifs is 1. The van der Waals surface area contributed by atoms with E-state index in [1.807, 2.05) is 35.0 Å². The molecule has 2 N–H and O–H groups in total. The molecule has 0 radical (unpaired) electrons. The Morgan fingerprint density at radius 3 is 2.89 bits per heavy atom. The zero-order chi connectivity index (χ0) is 20.1. The minimum atomic E-state index is -2.87. The van der Waals surface area contributed by atoms with Crippen LogP contribution in [0.15, 0.2) is 54.0 Å². The third-order valence-corrected chi connectivity index (χ3v) is 4.24. The standard InChI is InChI=1S/C20H18F2N6/c1-2-20(21,22)13-25-12-15(10-23)17-4-3-16(11-24)27-19(17)14-5-7-28-8-6-26-18(28)9-14/h3-10,12H,2,13,23H2,1H3. The Balaban J connectivity index is 2.05. The van der Waals surface area contributed by atoms with E-state index in [4.69, 9.17) is 5.73 Å². The van der Waals surface area contributed by atoms with Gasteiger partial charge in [-0.25, -0.2) is 18.7 Å². The largest absolute Gasteiger partial charge is 0.404 e. The van der Waals surface area contributed by atoms with E-state index in [9.17, 15) is 14.0 Å². The summed E-state index contributed by atoms with van der Waals surface area (Å²) >= 11 is 0. The number of nitriles is 1. The Morgan fingerprint density at radius 2 is 2.18 bits per heavy atom. The van der Waals surface area contributed by atoms with Gasteiger partial charge in [0, 0.05) is 54.1 Å². The van der Waals surface area contributed by atoms with E-state index >= 15 is 0 Å². The van der Waals surface area contributed by atoms with E-state index < -0.39 is 12.5 Å². The summed E-state index contributed by atoms with van der Waals surface area (Å²) in [7, 11) is 0. The lowest BCUT2D eigenvalue weighted by atomic mass is 10.0. The molecular formula is C20H18F2N6. The van der Waals surface area contributed by atoms with Crippen LogP contribution in [0.2, 0.25) is 0 Å². The number of nitrogens with zero attached hydrogens (tertiary/aromatic N) is 5. The van der Waals surface area contributed by atoms with Crippen molar-refractivity contribution in [3.8, 4) is 17.3 Å². The molecule has 0 aliphatic carbocycles. The molecule has 0 amide bonds. The van der Waals surface area contributed by atoms with Crippen LogP contribution in [0.4, 0.5) is 8.78 Å². The zero-order valence-corrected chi connectivity index (χ0v) is 15.2. The minimum absolute atomic E-state index is 0.229. The first-order chi connectivity index (χ1) is 13.5. The predicted octanol–water partition coefficient (Wildman–Crippen LogP) is 3.68. The molecule has 0 aromatic carbocycles. The van der Waals surface area contributed by atoms with Gasteiger partial charge in [0.1, 0.15) is 24.0 Å². The molecule has 0 aliphatic heterocycles. The fourth-order valence-corrected chi connectivity index (χ4v) is 2.62. The number of hydrogen-bond donors (Lipinski definition) is 1. The van der Waals surface area contributed by atoms with E-state index in [-0.39, 0.29) is 12.1 Å². The van der Waals surface area contributed by atoms with Crippen LogP contribution in [0.5, 0.6) is 0 Å². The van der Waals surface area contributed by atoms with Crippen molar-refractivity contribution < 1.29 is 8.78 Å². The maximum Gasteiger partial charge on any atom is 0.267 e. The second-order valence-electron chi connectivity index (χ2n) is 6.11. The number of nitrogens with two attached hydrogens (primary N) is 1. The number of halogens is 2. The highest BCUT2D eigenvalue weighted by molar-refractivity contribution is 6.11. The van der Waals surface area contributed by atoms with Gasteiger partial charge in [-0.1, -0.05) is 6.92 Å². The molecule has 0 saturated carbocycles. The molecule has 6 nitrogen and oxygen atoms in total. The summed E-state index contributed by atoms with van der Waals surface area (Å²) in [6.07, 6.45) is 7.61. The summed E-state index contributed by atoms with van der Waals surface area (Å²) in [6, 6.07) is 8.89. The SMILES string of the molecule is CCC(F)(F)CN=CC(=CN)c1ccc(C#N)nc1-c1ccn2ccnc2c1. The molecular weight excluding hydrogens is 362 g/mol. The van der Waals surface area contributed by atoms with E-state index in [2.05, 4.69) is 15.0 Å². The summed E-state index contributed by atoms with van der Waals surface area (Å²) in [5, 5.41) is 9.21. The summed E-state index contributed by atoms with van der Waals surface area (Å²) in [4.78, 5) is 12.5. The number of aromatic nitrogens is 3. The molecule has 0 aliphatic rings. The number of hydrogen-bond acceptors (Lipinski definition) is 5. The molecule has 8 heteroatoms. The first-order valence-electron chi connectivity index (χ1n) is 8.61. The lowest BCUT2D eigenvalue weighted by Crippen LogP contribution is -2.18. The zero-order valence-electron chi connectivity index (χ0n) is 15.2. The molecule has 3 aromatic heterocycles. The molecule has 0 fully saturated rings. The Morgan fingerprint density at radius 1 is 1.36 bits per heavy atom. The molecule has 0 unspecified atom stereocenters. The number of allylic oxidation sites excluding steroid dienone is 1. The molecule has 0 atom stereocenters. The van der Waals surface area contributed by atoms with Crippen LogP contribution in [-0.4, -0.2) is 33.1 Å². The monoisotopic (exact) mass is 380 g/mol. The number of imidazole rings is 1. The van der Waals surface area contributed by atoms with Gasteiger partial charge in [0.15, 0.2) is 0 Å². The van der Waals surface area contributed by atoms with E-state index in [0.29, 0.717) is 22.5 Å². The van der Waals surface area contributed by atoms with Crippen molar-refractivity contribution in [1.82, 2.24) is 14.4 Å². The number of rotatable bonds is 6. The van der Waals surface area contributed by atoms with Crippen LogP contribution < -0.4 is 5.73 Å². The second kappa shape index (κ2) is 7.96. The quantitative estimate of drug-likeness (QED) is 0.660. The smallest absolute Gasteiger partial charge is 0.267 e. The highest BCUT2D eigenvalue weighted by atomic mass is 19.3. The Kier molecular flexibility index (Phi) is 5.45. The van der Waals surface area contributed by atoms with Crippen molar-refractivity contribution in [3.05, 3.63) is 60.3 Å². The van der Waals surface area contributed by atoms with Crippen molar-refractivity contribution in [3.63, 3.8) is 0 Å². The van der Waals surface area contributed by atoms with Gasteiger partial charge < -0.3 is 10.1 Å². The Labute approximate surface area is 160 Å².